The topological polar surface area (TPSA) is 61.5 Å². The molecule has 0 aromatic carbocycles. The van der Waals surface area contributed by atoms with Gasteiger partial charge >= 0.3 is 0 Å². The lowest BCUT2D eigenvalue weighted by Gasteiger charge is -1.98. The van der Waals surface area contributed by atoms with Crippen LogP contribution in [0.25, 0.3) is 27.9 Å². The number of pyridine rings is 1. The van der Waals surface area contributed by atoms with Gasteiger partial charge in [-0.1, -0.05) is 6.58 Å². The number of hydrogen-bond acceptors (Lipinski definition) is 3. The molecule has 0 fully saturated rings. The standard InChI is InChI=1S/C17H14FN3OS/c1-3-11(18)7-13-10(2)20-8-14(13)15-9-23-17(21-15)12-5-4-6-19-16(12)22/h3-9,20H,1H2,2H3,(H,19,22)/b11-7+. The van der Waals surface area contributed by atoms with Gasteiger partial charge in [0.1, 0.15) is 10.8 Å². The lowest BCUT2D eigenvalue weighted by atomic mass is 10.1. The van der Waals surface area contributed by atoms with Gasteiger partial charge in [-0.25, -0.2) is 9.37 Å². The third-order valence-electron chi connectivity index (χ3n) is 3.43. The molecule has 23 heavy (non-hydrogen) atoms. The first-order valence-corrected chi connectivity index (χ1v) is 7.79. The Balaban J connectivity index is 2.07. The van der Waals surface area contributed by atoms with Crippen molar-refractivity contribution in [1.82, 2.24) is 15.0 Å². The van der Waals surface area contributed by atoms with Crippen LogP contribution >= 0.6 is 11.3 Å². The SMILES string of the molecule is C=C/C(F)=C\c1c(-c2csc(-c3ccc[nH]c3=O)n2)c[nH]c1C. The minimum atomic E-state index is -0.413. The van der Waals surface area contributed by atoms with Crippen molar-refractivity contribution >= 4 is 17.4 Å². The number of allylic oxidation sites excluding steroid dienone is 2. The van der Waals surface area contributed by atoms with Crippen LogP contribution in [-0.2, 0) is 0 Å². The van der Waals surface area contributed by atoms with Crippen LogP contribution in [0, 0.1) is 6.92 Å². The fourth-order valence-electron chi connectivity index (χ4n) is 2.24. The molecule has 0 spiro atoms. The zero-order chi connectivity index (χ0) is 16.4. The third kappa shape index (κ3) is 2.93. The van der Waals surface area contributed by atoms with Crippen LogP contribution < -0.4 is 5.56 Å². The average molecular weight is 327 g/mol. The van der Waals surface area contributed by atoms with E-state index in [4.69, 9.17) is 0 Å². The molecule has 4 nitrogen and oxygen atoms in total. The van der Waals surface area contributed by atoms with Gasteiger partial charge in [0.05, 0.1) is 11.3 Å². The summed E-state index contributed by atoms with van der Waals surface area (Å²) in [7, 11) is 0. The fourth-order valence-corrected chi connectivity index (χ4v) is 3.09. The first-order chi connectivity index (χ1) is 11.1. The molecule has 3 aromatic heterocycles. The molecule has 0 aliphatic carbocycles. The van der Waals surface area contributed by atoms with E-state index in [2.05, 4.69) is 21.5 Å². The van der Waals surface area contributed by atoms with Crippen molar-refractivity contribution in [3.63, 3.8) is 0 Å². The number of thiazole rings is 1. The van der Waals surface area contributed by atoms with E-state index in [1.807, 2.05) is 12.3 Å². The molecular weight excluding hydrogens is 313 g/mol. The van der Waals surface area contributed by atoms with Crippen LogP contribution in [0.2, 0.25) is 0 Å². The molecule has 0 radical (unpaired) electrons. The molecule has 3 rings (SSSR count). The van der Waals surface area contributed by atoms with E-state index in [1.54, 1.807) is 24.5 Å². The minimum absolute atomic E-state index is 0.184. The fraction of sp³-hybridized carbons (Fsp3) is 0.0588. The van der Waals surface area contributed by atoms with Gasteiger partial charge in [-0.3, -0.25) is 4.79 Å². The van der Waals surface area contributed by atoms with E-state index in [0.717, 1.165) is 22.9 Å². The average Bonchev–Trinajstić information content (AvgIpc) is 3.15. The predicted octanol–water partition coefficient (Wildman–Crippen LogP) is 4.30. The largest absolute Gasteiger partial charge is 0.364 e. The third-order valence-corrected chi connectivity index (χ3v) is 4.31. The maximum Gasteiger partial charge on any atom is 0.258 e. The summed E-state index contributed by atoms with van der Waals surface area (Å²) in [6.07, 6.45) is 5.94. The molecular formula is C17H14FN3OS. The summed E-state index contributed by atoms with van der Waals surface area (Å²) in [5, 5.41) is 2.48. The van der Waals surface area contributed by atoms with Gasteiger partial charge < -0.3 is 9.97 Å². The molecule has 0 amide bonds. The van der Waals surface area contributed by atoms with Gasteiger partial charge in [-0.2, -0.15) is 0 Å². The molecule has 0 bridgehead atoms. The Bertz CT molecular complexity index is 949. The second kappa shape index (κ2) is 6.18. The number of aromatic nitrogens is 3. The van der Waals surface area contributed by atoms with E-state index in [0.29, 0.717) is 16.3 Å². The number of nitrogens with one attached hydrogen (secondary N) is 2. The molecule has 116 valence electrons. The Morgan fingerprint density at radius 3 is 2.96 bits per heavy atom. The lowest BCUT2D eigenvalue weighted by molar-refractivity contribution is 0.675. The van der Waals surface area contributed by atoms with Crippen molar-refractivity contribution in [2.24, 2.45) is 0 Å². The molecule has 0 saturated heterocycles. The second-order valence-corrected chi connectivity index (χ2v) is 5.78. The zero-order valence-corrected chi connectivity index (χ0v) is 13.2. The lowest BCUT2D eigenvalue weighted by Crippen LogP contribution is -2.06. The first kappa shape index (κ1) is 15.2. The molecule has 0 saturated carbocycles. The summed E-state index contributed by atoms with van der Waals surface area (Å²) in [5.41, 5.74) is 3.38. The monoisotopic (exact) mass is 327 g/mol. The predicted molar refractivity (Wildman–Crippen MR) is 92.0 cm³/mol. The molecule has 0 aliphatic rings. The maximum atomic E-state index is 13.6. The van der Waals surface area contributed by atoms with Crippen molar-refractivity contribution < 1.29 is 4.39 Å². The molecule has 0 aliphatic heterocycles. The van der Waals surface area contributed by atoms with Gasteiger partial charge in [0.25, 0.3) is 5.56 Å². The second-order valence-electron chi connectivity index (χ2n) is 4.93. The summed E-state index contributed by atoms with van der Waals surface area (Å²) in [5.74, 6) is -0.413. The van der Waals surface area contributed by atoms with E-state index in [-0.39, 0.29) is 5.56 Å². The van der Waals surface area contributed by atoms with Crippen LogP contribution in [0.4, 0.5) is 4.39 Å². The molecule has 3 heterocycles. The number of hydrogen-bond donors (Lipinski definition) is 2. The first-order valence-electron chi connectivity index (χ1n) is 6.91. The Labute approximate surface area is 136 Å². The van der Waals surface area contributed by atoms with Crippen LogP contribution in [0.1, 0.15) is 11.3 Å². The van der Waals surface area contributed by atoms with E-state index >= 15 is 0 Å². The van der Waals surface area contributed by atoms with Gasteiger partial charge in [0.2, 0.25) is 0 Å². The quantitative estimate of drug-likeness (QED) is 0.702. The Hall–Kier alpha value is -2.73. The molecule has 2 N–H and O–H groups in total. The molecule has 6 heteroatoms. The zero-order valence-electron chi connectivity index (χ0n) is 12.4. The smallest absolute Gasteiger partial charge is 0.258 e. The van der Waals surface area contributed by atoms with Crippen molar-refractivity contribution in [1.29, 1.82) is 0 Å². The van der Waals surface area contributed by atoms with Crippen molar-refractivity contribution in [2.75, 3.05) is 0 Å². The number of halogens is 1. The normalized spacial score (nSPS) is 11.7. The highest BCUT2D eigenvalue weighted by Gasteiger charge is 2.14. The van der Waals surface area contributed by atoms with Crippen LogP contribution in [0.3, 0.4) is 0 Å². The summed E-state index contributed by atoms with van der Waals surface area (Å²) in [6.45, 7) is 5.28. The molecule has 0 atom stereocenters. The van der Waals surface area contributed by atoms with Gasteiger partial charge in [0, 0.05) is 34.6 Å². The van der Waals surface area contributed by atoms with Gasteiger partial charge in [-0.15, -0.1) is 11.3 Å². The molecule has 3 aromatic rings. The van der Waals surface area contributed by atoms with E-state index in [1.165, 1.54) is 17.4 Å². The van der Waals surface area contributed by atoms with Crippen LogP contribution in [-0.4, -0.2) is 15.0 Å². The number of H-pyrrole nitrogens is 2. The number of rotatable bonds is 4. The number of aryl methyl sites for hydroxylation is 1. The minimum Gasteiger partial charge on any atom is -0.364 e. The Morgan fingerprint density at radius 2 is 2.22 bits per heavy atom. The van der Waals surface area contributed by atoms with Crippen LogP contribution in [0.5, 0.6) is 0 Å². The van der Waals surface area contributed by atoms with Crippen molar-refractivity contribution in [3.05, 3.63) is 70.0 Å². The highest BCUT2D eigenvalue weighted by Crippen LogP contribution is 2.32. The summed E-state index contributed by atoms with van der Waals surface area (Å²) in [4.78, 5) is 22.1. The van der Waals surface area contributed by atoms with Gasteiger partial charge in [-0.05, 0) is 31.2 Å². The Kier molecular flexibility index (Phi) is 4.08. The highest BCUT2D eigenvalue weighted by molar-refractivity contribution is 7.13. The maximum absolute atomic E-state index is 13.6. The highest BCUT2D eigenvalue weighted by atomic mass is 32.1. The summed E-state index contributed by atoms with van der Waals surface area (Å²) < 4.78 is 13.6. The number of aromatic amines is 2. The van der Waals surface area contributed by atoms with E-state index in [9.17, 15) is 9.18 Å². The van der Waals surface area contributed by atoms with Crippen LogP contribution in [0.15, 0.2) is 53.2 Å². The summed E-state index contributed by atoms with van der Waals surface area (Å²) >= 11 is 1.37. The molecule has 0 unspecified atom stereocenters. The Morgan fingerprint density at radius 1 is 1.39 bits per heavy atom. The summed E-state index contributed by atoms with van der Waals surface area (Å²) in [6, 6.07) is 3.48. The van der Waals surface area contributed by atoms with Gasteiger partial charge in [0.15, 0.2) is 0 Å². The van der Waals surface area contributed by atoms with Crippen molar-refractivity contribution in [2.45, 2.75) is 6.92 Å². The number of nitrogens with zero attached hydrogens (tertiary/aromatic N) is 1. The van der Waals surface area contributed by atoms with E-state index < -0.39 is 5.83 Å². The van der Waals surface area contributed by atoms with Crippen molar-refractivity contribution in [3.8, 4) is 21.8 Å².